The second-order valence-corrected chi connectivity index (χ2v) is 3.63. The molecular weight excluding hydrogens is 160 g/mol. The van der Waals surface area contributed by atoms with Gasteiger partial charge in [0, 0.05) is 12.0 Å². The van der Waals surface area contributed by atoms with Gasteiger partial charge in [-0.1, -0.05) is 0 Å². The third-order valence-electron chi connectivity index (χ3n) is 2.88. The molecule has 3 atom stereocenters. The van der Waals surface area contributed by atoms with E-state index in [0.29, 0.717) is 13.0 Å². The van der Waals surface area contributed by atoms with Crippen molar-refractivity contribution in [2.45, 2.75) is 25.5 Å². The zero-order valence-electron chi connectivity index (χ0n) is 6.90. The van der Waals surface area contributed by atoms with Crippen LogP contribution in [0.5, 0.6) is 0 Å². The van der Waals surface area contributed by atoms with Crippen LogP contribution in [0.2, 0.25) is 6.82 Å². The summed E-state index contributed by atoms with van der Waals surface area (Å²) in [5, 5.41) is 9.23. The van der Waals surface area contributed by atoms with Gasteiger partial charge in [0.25, 0.3) is 0 Å². The Hall–Kier alpha value is -0.415. The molecule has 2 rings (SSSR count). The van der Waals surface area contributed by atoms with Gasteiger partial charge in [0.15, 0.2) is 12.0 Å². The topological polar surface area (TPSA) is 40.5 Å². The van der Waals surface area contributed by atoms with E-state index in [9.17, 15) is 14.2 Å². The third kappa shape index (κ3) is 0.928. The van der Waals surface area contributed by atoms with Crippen LogP contribution in [-0.4, -0.2) is 41.4 Å². The highest BCUT2D eigenvalue weighted by Gasteiger charge is 2.53. The number of carbonyl (C=O) groups is 1. The van der Waals surface area contributed by atoms with Crippen molar-refractivity contribution in [3.8, 4) is 0 Å². The molecule has 66 valence electrons. The quantitative estimate of drug-likeness (QED) is 0.551. The summed E-state index contributed by atoms with van der Waals surface area (Å²) in [6.07, 6.45) is -0.774. The Bertz CT molecular complexity index is 219. The van der Waals surface area contributed by atoms with Crippen LogP contribution in [0.3, 0.4) is 0 Å². The van der Waals surface area contributed by atoms with Crippen LogP contribution in [0.15, 0.2) is 0 Å². The molecular formula is C7H11BFNO2. The lowest BCUT2D eigenvalue weighted by atomic mass is 9.82. The second-order valence-electron chi connectivity index (χ2n) is 3.63. The largest absolute Gasteiger partial charge is 0.437 e. The van der Waals surface area contributed by atoms with Crippen molar-refractivity contribution in [1.82, 2.24) is 4.81 Å². The van der Waals surface area contributed by atoms with Gasteiger partial charge in [-0.2, -0.15) is 0 Å². The third-order valence-corrected chi connectivity index (χ3v) is 2.88. The van der Waals surface area contributed by atoms with Crippen molar-refractivity contribution >= 4 is 12.8 Å². The van der Waals surface area contributed by atoms with Crippen molar-refractivity contribution in [3.63, 3.8) is 0 Å². The summed E-state index contributed by atoms with van der Waals surface area (Å²) < 4.78 is 13.1. The Labute approximate surface area is 70.7 Å². The average molecular weight is 171 g/mol. The average Bonchev–Trinajstić information content (AvgIpc) is 2.53. The van der Waals surface area contributed by atoms with Gasteiger partial charge in [0.1, 0.15) is 0 Å². The first-order valence-corrected chi connectivity index (χ1v) is 4.23. The molecule has 0 aromatic heterocycles. The van der Waals surface area contributed by atoms with Crippen LogP contribution >= 0.6 is 0 Å². The van der Waals surface area contributed by atoms with Gasteiger partial charge in [-0.3, -0.25) is 4.79 Å². The number of ketones is 1. The van der Waals surface area contributed by atoms with E-state index in [1.54, 1.807) is 11.6 Å². The first kappa shape index (κ1) is 8.20. The molecule has 2 unspecified atom stereocenters. The molecule has 0 spiro atoms. The van der Waals surface area contributed by atoms with Crippen molar-refractivity contribution in [2.24, 2.45) is 5.92 Å². The number of nitrogens with zero attached hydrogens (tertiary/aromatic N) is 1. The number of piperidine rings is 1. The zero-order chi connectivity index (χ0) is 8.88. The Kier molecular flexibility index (Phi) is 1.73. The monoisotopic (exact) mass is 171 g/mol. The van der Waals surface area contributed by atoms with Gasteiger partial charge in [-0.15, -0.1) is 0 Å². The van der Waals surface area contributed by atoms with Crippen molar-refractivity contribution in [1.29, 1.82) is 0 Å². The molecule has 2 aliphatic rings. The van der Waals surface area contributed by atoms with E-state index in [-0.39, 0.29) is 17.7 Å². The molecule has 1 saturated heterocycles. The lowest BCUT2D eigenvalue weighted by Gasteiger charge is -2.28. The molecule has 1 heterocycles. The Morgan fingerprint density at radius 3 is 2.83 bits per heavy atom. The number of hydrogen-bond acceptors (Lipinski definition) is 3. The number of alkyl halides is 1. The van der Waals surface area contributed by atoms with Gasteiger partial charge in [-0.05, 0) is 19.8 Å². The fourth-order valence-electron chi connectivity index (χ4n) is 2.23. The van der Waals surface area contributed by atoms with E-state index in [1.165, 1.54) is 0 Å². The van der Waals surface area contributed by atoms with Crippen LogP contribution in [0.1, 0.15) is 6.42 Å². The Morgan fingerprint density at radius 1 is 1.75 bits per heavy atom. The molecule has 1 aliphatic heterocycles. The Morgan fingerprint density at radius 2 is 2.42 bits per heavy atom. The van der Waals surface area contributed by atoms with E-state index in [0.717, 1.165) is 0 Å². The van der Waals surface area contributed by atoms with Gasteiger partial charge in [0.05, 0.1) is 0 Å². The van der Waals surface area contributed by atoms with Crippen molar-refractivity contribution in [2.75, 3.05) is 6.54 Å². The van der Waals surface area contributed by atoms with Gasteiger partial charge < -0.3 is 9.83 Å². The normalized spacial score (nSPS) is 40.9. The predicted octanol–water partition coefficient (Wildman–Crippen LogP) is -0.292. The van der Waals surface area contributed by atoms with Gasteiger partial charge in [0.2, 0.25) is 0 Å². The number of fused-ring (bicyclic) bond motifs is 2. The van der Waals surface area contributed by atoms with E-state index in [4.69, 9.17) is 0 Å². The minimum Gasteiger partial charge on any atom is -0.437 e. The number of hydrogen-bond donors (Lipinski definition) is 1. The molecule has 12 heavy (non-hydrogen) atoms. The van der Waals surface area contributed by atoms with E-state index < -0.39 is 13.2 Å². The van der Waals surface area contributed by atoms with E-state index in [2.05, 4.69) is 0 Å². The molecule has 3 nitrogen and oxygen atoms in total. The van der Waals surface area contributed by atoms with Gasteiger partial charge in [-0.25, -0.2) is 4.39 Å². The fourth-order valence-corrected chi connectivity index (χ4v) is 2.23. The number of halogens is 1. The highest BCUT2D eigenvalue weighted by Crippen LogP contribution is 2.36. The van der Waals surface area contributed by atoms with Crippen LogP contribution in [0, 0.1) is 5.92 Å². The smallest absolute Gasteiger partial charge is 0.376 e. The van der Waals surface area contributed by atoms with E-state index >= 15 is 0 Å². The zero-order valence-corrected chi connectivity index (χ0v) is 6.90. The number of rotatable bonds is 1. The standard InChI is InChI=1S/C7H11BFNO2/c1-8(12)10-3-4-2-5(10)6(9)7(4)11/h4-6,12H,2-3H2,1H3/t4?,5?,6-/m1/s1. The highest BCUT2D eigenvalue weighted by molar-refractivity contribution is 6.45. The van der Waals surface area contributed by atoms with Crippen LogP contribution in [0.4, 0.5) is 4.39 Å². The number of carbonyl (C=O) groups excluding carboxylic acids is 1. The molecule has 0 aromatic rings. The molecule has 0 aromatic carbocycles. The lowest BCUT2D eigenvalue weighted by Crippen LogP contribution is -2.50. The van der Waals surface area contributed by atoms with Crippen molar-refractivity contribution in [3.05, 3.63) is 0 Å². The summed E-state index contributed by atoms with van der Waals surface area (Å²) in [5.74, 6) is -0.434. The SMILES string of the molecule is CB(O)N1CC2CC1[C@@H](F)C2=O. The van der Waals surface area contributed by atoms with Gasteiger partial charge >= 0.3 is 7.05 Å². The Balaban J connectivity index is 2.15. The first-order chi connectivity index (χ1) is 5.61. The van der Waals surface area contributed by atoms with Crippen LogP contribution in [-0.2, 0) is 4.79 Å². The summed E-state index contributed by atoms with van der Waals surface area (Å²) in [5.41, 5.74) is 0. The molecule has 1 N–H and O–H groups in total. The lowest BCUT2D eigenvalue weighted by molar-refractivity contribution is -0.127. The van der Waals surface area contributed by atoms with Crippen molar-refractivity contribution < 1.29 is 14.2 Å². The van der Waals surface area contributed by atoms with Crippen LogP contribution < -0.4 is 0 Å². The molecule has 0 radical (unpaired) electrons. The molecule has 2 fully saturated rings. The predicted molar refractivity (Wildman–Crippen MR) is 42.3 cm³/mol. The maximum Gasteiger partial charge on any atom is 0.376 e. The summed E-state index contributed by atoms with van der Waals surface area (Å²) in [6, 6.07) is -0.359. The molecule has 5 heteroatoms. The summed E-state index contributed by atoms with van der Waals surface area (Å²) >= 11 is 0. The van der Waals surface area contributed by atoms with E-state index in [1.807, 2.05) is 0 Å². The maximum absolute atomic E-state index is 13.1. The summed E-state index contributed by atoms with van der Waals surface area (Å²) in [4.78, 5) is 12.7. The first-order valence-electron chi connectivity index (χ1n) is 4.23. The summed E-state index contributed by atoms with van der Waals surface area (Å²) in [6.45, 7) is 2.14. The fraction of sp³-hybridized carbons (Fsp3) is 0.857. The molecule has 0 amide bonds. The summed E-state index contributed by atoms with van der Waals surface area (Å²) in [7, 11) is -0.633. The molecule has 1 saturated carbocycles. The minimum absolute atomic E-state index is 0.167. The number of Topliss-reactive ketones (excluding diaryl/α,β-unsaturated/α-hetero) is 1. The molecule has 1 aliphatic carbocycles. The highest BCUT2D eigenvalue weighted by atomic mass is 19.1. The second kappa shape index (κ2) is 2.54. The molecule has 2 bridgehead atoms. The maximum atomic E-state index is 13.1. The minimum atomic E-state index is -1.36. The van der Waals surface area contributed by atoms with Crippen LogP contribution in [0.25, 0.3) is 0 Å².